The van der Waals surface area contributed by atoms with Crippen molar-refractivity contribution in [3.05, 3.63) is 0 Å². The molecule has 0 radical (unpaired) electrons. The molecule has 0 aliphatic carbocycles. The van der Waals surface area contributed by atoms with Gasteiger partial charge in [-0.2, -0.15) is 0 Å². The van der Waals surface area contributed by atoms with Crippen molar-refractivity contribution in [2.75, 3.05) is 13.2 Å². The minimum absolute atomic E-state index is 0.0784. The van der Waals surface area contributed by atoms with E-state index >= 15 is 0 Å². The molecule has 1 unspecified atom stereocenters. The minimum Gasteiger partial charge on any atom is -0.375 e. The highest BCUT2D eigenvalue weighted by molar-refractivity contribution is 4.62. The van der Waals surface area contributed by atoms with Crippen molar-refractivity contribution >= 4 is 0 Å². The maximum Gasteiger partial charge on any atom is 0.0707 e. The molecule has 0 aromatic rings. The van der Waals surface area contributed by atoms with E-state index in [1.807, 2.05) is 34.6 Å². The van der Waals surface area contributed by atoms with E-state index in [2.05, 4.69) is 0 Å². The molecule has 0 amide bonds. The monoisotopic (exact) mass is 189 g/mol. The van der Waals surface area contributed by atoms with Crippen LogP contribution >= 0.6 is 0 Å². The molecule has 0 aliphatic heterocycles. The van der Waals surface area contributed by atoms with Gasteiger partial charge in [-0.15, -0.1) is 0 Å². The van der Waals surface area contributed by atoms with Gasteiger partial charge in [0.25, 0.3) is 0 Å². The second kappa shape index (κ2) is 5.58. The summed E-state index contributed by atoms with van der Waals surface area (Å²) in [5, 5.41) is 0. The second-order valence-corrected chi connectivity index (χ2v) is 4.40. The maximum atomic E-state index is 5.64. The van der Waals surface area contributed by atoms with Gasteiger partial charge in [0, 0.05) is 6.04 Å². The Balaban J connectivity index is 3.36. The van der Waals surface area contributed by atoms with Crippen molar-refractivity contribution in [3.8, 4) is 0 Å². The van der Waals surface area contributed by atoms with Crippen LogP contribution in [0.25, 0.3) is 0 Å². The van der Waals surface area contributed by atoms with Gasteiger partial charge in [0.2, 0.25) is 0 Å². The number of hydrogen-bond donors (Lipinski definition) is 1. The number of hydrogen-bond acceptors (Lipinski definition) is 3. The summed E-state index contributed by atoms with van der Waals surface area (Å²) in [4.78, 5) is 0. The van der Waals surface area contributed by atoms with Crippen LogP contribution in [0.4, 0.5) is 0 Å². The molecule has 2 atom stereocenters. The van der Waals surface area contributed by atoms with Crippen LogP contribution in [0, 0.1) is 0 Å². The topological polar surface area (TPSA) is 44.5 Å². The van der Waals surface area contributed by atoms with Crippen LogP contribution in [0.1, 0.15) is 34.6 Å². The molecule has 0 aromatic heterocycles. The van der Waals surface area contributed by atoms with Crippen molar-refractivity contribution in [1.29, 1.82) is 0 Å². The third kappa shape index (κ3) is 8.22. The van der Waals surface area contributed by atoms with E-state index in [4.69, 9.17) is 15.2 Å². The number of nitrogens with two attached hydrogens (primary N) is 1. The van der Waals surface area contributed by atoms with Crippen LogP contribution in [0.5, 0.6) is 0 Å². The van der Waals surface area contributed by atoms with Crippen LogP contribution < -0.4 is 5.73 Å². The summed E-state index contributed by atoms with van der Waals surface area (Å²) in [5.74, 6) is 0. The molecule has 2 N–H and O–H groups in total. The summed E-state index contributed by atoms with van der Waals surface area (Å²) in [5.41, 5.74) is 5.56. The average Bonchev–Trinajstić information content (AvgIpc) is 1.95. The first-order valence-electron chi connectivity index (χ1n) is 4.84. The molecule has 0 fully saturated rings. The fourth-order valence-corrected chi connectivity index (χ4v) is 0.734. The highest BCUT2D eigenvalue weighted by atomic mass is 16.5. The molecule has 0 aromatic carbocycles. The summed E-state index contributed by atoms with van der Waals surface area (Å²) >= 11 is 0. The van der Waals surface area contributed by atoms with Crippen LogP contribution in [0.15, 0.2) is 0 Å². The molecule has 0 saturated carbocycles. The largest absolute Gasteiger partial charge is 0.375 e. The van der Waals surface area contributed by atoms with E-state index in [1.165, 1.54) is 0 Å². The summed E-state index contributed by atoms with van der Waals surface area (Å²) in [6.45, 7) is 11.2. The first-order valence-corrected chi connectivity index (χ1v) is 4.84. The molecule has 3 nitrogen and oxygen atoms in total. The van der Waals surface area contributed by atoms with Gasteiger partial charge in [-0.1, -0.05) is 0 Å². The molecule has 0 rings (SSSR count). The molecule has 0 spiro atoms. The van der Waals surface area contributed by atoms with E-state index < -0.39 is 0 Å². The molecular weight excluding hydrogens is 166 g/mol. The highest BCUT2D eigenvalue weighted by Gasteiger charge is 2.11. The van der Waals surface area contributed by atoms with E-state index in [-0.39, 0.29) is 17.7 Å². The summed E-state index contributed by atoms with van der Waals surface area (Å²) < 4.78 is 10.9. The molecule has 0 bridgehead atoms. The lowest BCUT2D eigenvalue weighted by molar-refractivity contribution is -0.0513. The Morgan fingerprint density at radius 2 is 1.69 bits per heavy atom. The van der Waals surface area contributed by atoms with Gasteiger partial charge >= 0.3 is 0 Å². The smallest absolute Gasteiger partial charge is 0.0707 e. The molecule has 13 heavy (non-hydrogen) atoms. The molecular formula is C10H23NO2. The number of rotatable bonds is 5. The van der Waals surface area contributed by atoms with Crippen molar-refractivity contribution in [1.82, 2.24) is 0 Å². The van der Waals surface area contributed by atoms with E-state index in [1.54, 1.807) is 0 Å². The maximum absolute atomic E-state index is 5.64. The third-order valence-electron chi connectivity index (χ3n) is 1.74. The fourth-order valence-electron chi connectivity index (χ4n) is 0.734. The zero-order valence-electron chi connectivity index (χ0n) is 9.46. The van der Waals surface area contributed by atoms with Crippen LogP contribution in [-0.2, 0) is 9.47 Å². The van der Waals surface area contributed by atoms with Crippen molar-refractivity contribution in [3.63, 3.8) is 0 Å². The Bertz CT molecular complexity index is 129. The zero-order chi connectivity index (χ0) is 10.5. The van der Waals surface area contributed by atoms with Crippen LogP contribution in [-0.4, -0.2) is 31.0 Å². The summed E-state index contributed by atoms with van der Waals surface area (Å²) in [6, 6.07) is 0.0784. The Morgan fingerprint density at radius 1 is 1.15 bits per heavy atom. The highest BCUT2D eigenvalue weighted by Crippen LogP contribution is 2.06. The Hall–Kier alpha value is -0.120. The van der Waals surface area contributed by atoms with Gasteiger partial charge in [-0.3, -0.25) is 0 Å². The molecule has 0 aliphatic rings. The standard InChI is InChI=1S/C10H23NO2/c1-8(11)9(2)12-6-7-13-10(3,4)5/h8-9H,6-7,11H2,1-5H3/t8-,9?/m0/s1. The average molecular weight is 189 g/mol. The van der Waals surface area contributed by atoms with Gasteiger partial charge in [0.05, 0.1) is 24.9 Å². The third-order valence-corrected chi connectivity index (χ3v) is 1.74. The van der Waals surface area contributed by atoms with Gasteiger partial charge in [0.15, 0.2) is 0 Å². The van der Waals surface area contributed by atoms with Crippen molar-refractivity contribution in [2.45, 2.75) is 52.4 Å². The minimum atomic E-state index is -0.0824. The SMILES string of the molecule is CC(OCCOC(C)(C)C)[C@H](C)N. The van der Waals surface area contributed by atoms with Gasteiger partial charge in [0.1, 0.15) is 0 Å². The van der Waals surface area contributed by atoms with E-state index in [9.17, 15) is 0 Å². The zero-order valence-corrected chi connectivity index (χ0v) is 9.46. The predicted octanol–water partition coefficient (Wildman–Crippen LogP) is 1.55. The molecule has 0 heterocycles. The fraction of sp³-hybridized carbons (Fsp3) is 1.00. The van der Waals surface area contributed by atoms with E-state index in [0.29, 0.717) is 13.2 Å². The molecule has 0 saturated heterocycles. The molecule has 3 heteroatoms. The quantitative estimate of drug-likeness (QED) is 0.667. The van der Waals surface area contributed by atoms with Gasteiger partial charge < -0.3 is 15.2 Å². The normalized spacial score (nSPS) is 17.1. The second-order valence-electron chi connectivity index (χ2n) is 4.40. The Labute approximate surface area is 81.6 Å². The number of ether oxygens (including phenoxy) is 2. The van der Waals surface area contributed by atoms with Crippen molar-refractivity contribution < 1.29 is 9.47 Å². The Kier molecular flexibility index (Phi) is 5.53. The summed E-state index contributed by atoms with van der Waals surface area (Å²) in [7, 11) is 0. The predicted molar refractivity (Wildman–Crippen MR) is 54.8 cm³/mol. The van der Waals surface area contributed by atoms with Gasteiger partial charge in [-0.05, 0) is 34.6 Å². The van der Waals surface area contributed by atoms with Crippen LogP contribution in [0.2, 0.25) is 0 Å². The van der Waals surface area contributed by atoms with Gasteiger partial charge in [-0.25, -0.2) is 0 Å². The lowest BCUT2D eigenvalue weighted by Gasteiger charge is -2.21. The lowest BCUT2D eigenvalue weighted by atomic mass is 10.2. The first-order chi connectivity index (χ1) is 5.83. The summed E-state index contributed by atoms with van der Waals surface area (Å²) in [6.07, 6.45) is 0.101. The first kappa shape index (κ1) is 12.9. The van der Waals surface area contributed by atoms with E-state index in [0.717, 1.165) is 0 Å². The van der Waals surface area contributed by atoms with Crippen LogP contribution in [0.3, 0.4) is 0 Å². The lowest BCUT2D eigenvalue weighted by Crippen LogP contribution is -2.32. The molecule has 80 valence electrons. The van der Waals surface area contributed by atoms with Crippen molar-refractivity contribution in [2.24, 2.45) is 5.73 Å². The Morgan fingerprint density at radius 3 is 2.08 bits per heavy atom.